The third-order valence-corrected chi connectivity index (χ3v) is 4.33. The number of benzene rings is 1. The summed E-state index contributed by atoms with van der Waals surface area (Å²) < 4.78 is 5.41. The number of carbonyl (C=O) groups excluding carboxylic acids is 2. The molecule has 6 heteroatoms. The Hall–Kier alpha value is -3.15. The van der Waals surface area contributed by atoms with Gasteiger partial charge in [0.15, 0.2) is 5.76 Å². The molecule has 6 nitrogen and oxygen atoms in total. The quantitative estimate of drug-likeness (QED) is 0.770. The SMILES string of the molecule is O=C(N[C@@H]1CCCNC1=O)c1cc(-c2ccco2)nc2ccccc12. The van der Waals surface area contributed by atoms with Gasteiger partial charge < -0.3 is 15.1 Å². The van der Waals surface area contributed by atoms with Crippen LogP contribution >= 0.6 is 0 Å². The minimum absolute atomic E-state index is 0.135. The normalized spacial score (nSPS) is 17.3. The molecule has 0 spiro atoms. The summed E-state index contributed by atoms with van der Waals surface area (Å²) in [4.78, 5) is 29.3. The van der Waals surface area contributed by atoms with E-state index in [2.05, 4.69) is 15.6 Å². The molecular weight excluding hydrogens is 318 g/mol. The van der Waals surface area contributed by atoms with E-state index in [9.17, 15) is 9.59 Å². The molecule has 0 aliphatic carbocycles. The van der Waals surface area contributed by atoms with E-state index < -0.39 is 6.04 Å². The Labute approximate surface area is 144 Å². The topological polar surface area (TPSA) is 84.2 Å². The highest BCUT2D eigenvalue weighted by atomic mass is 16.3. The number of pyridine rings is 1. The molecular formula is C19H17N3O3. The van der Waals surface area contributed by atoms with Crippen LogP contribution in [0.15, 0.2) is 53.1 Å². The summed E-state index contributed by atoms with van der Waals surface area (Å²) in [6.45, 7) is 0.659. The van der Waals surface area contributed by atoms with E-state index in [1.165, 1.54) is 0 Å². The fraction of sp³-hybridized carbons (Fsp3) is 0.211. The lowest BCUT2D eigenvalue weighted by molar-refractivity contribution is -0.124. The van der Waals surface area contributed by atoms with Crippen LogP contribution in [0.3, 0.4) is 0 Å². The highest BCUT2D eigenvalue weighted by Gasteiger charge is 2.25. The fourth-order valence-electron chi connectivity index (χ4n) is 3.06. The van der Waals surface area contributed by atoms with Gasteiger partial charge in [-0.25, -0.2) is 4.98 Å². The number of carbonyl (C=O) groups is 2. The minimum atomic E-state index is -0.500. The summed E-state index contributed by atoms with van der Waals surface area (Å²) in [5.41, 5.74) is 1.77. The van der Waals surface area contributed by atoms with Crippen molar-refractivity contribution in [1.29, 1.82) is 0 Å². The molecule has 25 heavy (non-hydrogen) atoms. The molecule has 3 heterocycles. The first-order valence-electron chi connectivity index (χ1n) is 8.24. The third-order valence-electron chi connectivity index (χ3n) is 4.33. The smallest absolute Gasteiger partial charge is 0.252 e. The maximum Gasteiger partial charge on any atom is 0.252 e. The largest absolute Gasteiger partial charge is 0.463 e. The first-order valence-corrected chi connectivity index (χ1v) is 8.24. The summed E-state index contributed by atoms with van der Waals surface area (Å²) in [5.74, 6) is 0.174. The van der Waals surface area contributed by atoms with Crippen LogP contribution in [0.5, 0.6) is 0 Å². The number of hydrogen-bond acceptors (Lipinski definition) is 4. The first-order chi connectivity index (χ1) is 12.2. The lowest BCUT2D eigenvalue weighted by Crippen LogP contribution is -2.50. The van der Waals surface area contributed by atoms with E-state index in [0.29, 0.717) is 35.5 Å². The molecule has 3 aromatic rings. The summed E-state index contributed by atoms with van der Waals surface area (Å²) in [6, 6.07) is 12.2. The van der Waals surface area contributed by atoms with Gasteiger partial charge in [0.05, 0.1) is 17.3 Å². The Kier molecular flexibility index (Phi) is 3.93. The molecule has 0 radical (unpaired) electrons. The Morgan fingerprint density at radius 1 is 1.24 bits per heavy atom. The van der Waals surface area contributed by atoms with Crippen LogP contribution in [0.1, 0.15) is 23.2 Å². The predicted molar refractivity (Wildman–Crippen MR) is 92.9 cm³/mol. The van der Waals surface area contributed by atoms with E-state index in [4.69, 9.17) is 4.42 Å². The van der Waals surface area contributed by atoms with Crippen molar-refractivity contribution in [1.82, 2.24) is 15.6 Å². The second-order valence-corrected chi connectivity index (χ2v) is 6.01. The zero-order chi connectivity index (χ0) is 17.2. The molecule has 1 fully saturated rings. The van der Waals surface area contributed by atoms with Crippen molar-refractivity contribution in [3.05, 3.63) is 54.3 Å². The number of furan rings is 1. The van der Waals surface area contributed by atoms with Gasteiger partial charge in [0, 0.05) is 11.9 Å². The second kappa shape index (κ2) is 6.39. The Morgan fingerprint density at radius 3 is 2.92 bits per heavy atom. The number of piperidine rings is 1. The zero-order valence-corrected chi connectivity index (χ0v) is 13.5. The molecule has 2 aromatic heterocycles. The van der Waals surface area contributed by atoms with Crippen LogP contribution in [0.25, 0.3) is 22.4 Å². The first kappa shape index (κ1) is 15.4. The van der Waals surface area contributed by atoms with Crippen LogP contribution in [0.4, 0.5) is 0 Å². The Bertz CT molecular complexity index is 934. The molecule has 1 atom stereocenters. The monoisotopic (exact) mass is 335 g/mol. The summed E-state index contributed by atoms with van der Waals surface area (Å²) in [7, 11) is 0. The lowest BCUT2D eigenvalue weighted by Gasteiger charge is -2.23. The van der Waals surface area contributed by atoms with Crippen molar-refractivity contribution in [2.75, 3.05) is 6.54 Å². The third kappa shape index (κ3) is 2.98. The fourth-order valence-corrected chi connectivity index (χ4v) is 3.06. The number of nitrogens with one attached hydrogen (secondary N) is 2. The van der Waals surface area contributed by atoms with Gasteiger partial charge in [-0.1, -0.05) is 18.2 Å². The average Bonchev–Trinajstić information content (AvgIpc) is 3.17. The molecule has 1 aromatic carbocycles. The zero-order valence-electron chi connectivity index (χ0n) is 13.5. The standard InChI is InChI=1S/C19H17N3O3/c23-18(22-15-7-3-9-20-19(15)24)13-11-16(17-8-4-10-25-17)21-14-6-2-1-5-12(13)14/h1-2,4-6,8,10-11,15H,3,7,9H2,(H,20,24)(H,22,23)/t15-/m1/s1. The van der Waals surface area contributed by atoms with Crippen LogP contribution in [0, 0.1) is 0 Å². The van der Waals surface area contributed by atoms with Crippen molar-refractivity contribution >= 4 is 22.7 Å². The molecule has 0 bridgehead atoms. The van der Waals surface area contributed by atoms with Crippen molar-refractivity contribution < 1.29 is 14.0 Å². The maximum absolute atomic E-state index is 12.8. The number of amides is 2. The number of aromatic nitrogens is 1. The summed E-state index contributed by atoms with van der Waals surface area (Å²) in [6.07, 6.45) is 3.06. The Morgan fingerprint density at radius 2 is 2.12 bits per heavy atom. The number of rotatable bonds is 3. The van der Waals surface area contributed by atoms with Gasteiger partial charge in [-0.3, -0.25) is 9.59 Å². The van der Waals surface area contributed by atoms with Gasteiger partial charge in [-0.2, -0.15) is 0 Å². The highest BCUT2D eigenvalue weighted by molar-refractivity contribution is 6.08. The molecule has 4 rings (SSSR count). The highest BCUT2D eigenvalue weighted by Crippen LogP contribution is 2.25. The van der Waals surface area contributed by atoms with Crippen molar-refractivity contribution in [2.45, 2.75) is 18.9 Å². The molecule has 1 aliphatic rings. The van der Waals surface area contributed by atoms with Gasteiger partial charge in [0.2, 0.25) is 5.91 Å². The predicted octanol–water partition coefficient (Wildman–Crippen LogP) is 2.50. The number of hydrogen-bond donors (Lipinski definition) is 2. The number of para-hydroxylation sites is 1. The molecule has 126 valence electrons. The van der Waals surface area contributed by atoms with Crippen LogP contribution in [-0.2, 0) is 4.79 Å². The Balaban J connectivity index is 1.74. The number of fused-ring (bicyclic) bond motifs is 1. The molecule has 1 saturated heterocycles. The second-order valence-electron chi connectivity index (χ2n) is 6.01. The molecule has 1 aliphatic heterocycles. The molecule has 0 saturated carbocycles. The number of nitrogens with zero attached hydrogens (tertiary/aromatic N) is 1. The van der Waals surface area contributed by atoms with E-state index in [-0.39, 0.29) is 11.8 Å². The van der Waals surface area contributed by atoms with Gasteiger partial charge in [-0.15, -0.1) is 0 Å². The van der Waals surface area contributed by atoms with E-state index in [0.717, 1.165) is 11.8 Å². The van der Waals surface area contributed by atoms with Gasteiger partial charge in [0.1, 0.15) is 11.7 Å². The van der Waals surface area contributed by atoms with Crippen molar-refractivity contribution in [2.24, 2.45) is 0 Å². The van der Waals surface area contributed by atoms with Gasteiger partial charge in [-0.05, 0) is 37.1 Å². The maximum atomic E-state index is 12.8. The van der Waals surface area contributed by atoms with Gasteiger partial charge >= 0.3 is 0 Å². The van der Waals surface area contributed by atoms with Crippen LogP contribution in [0.2, 0.25) is 0 Å². The average molecular weight is 335 g/mol. The lowest BCUT2D eigenvalue weighted by atomic mass is 10.0. The van der Waals surface area contributed by atoms with E-state index in [1.54, 1.807) is 24.5 Å². The minimum Gasteiger partial charge on any atom is -0.463 e. The van der Waals surface area contributed by atoms with Crippen molar-refractivity contribution in [3.63, 3.8) is 0 Å². The van der Waals surface area contributed by atoms with Crippen LogP contribution < -0.4 is 10.6 Å². The van der Waals surface area contributed by atoms with Crippen molar-refractivity contribution in [3.8, 4) is 11.5 Å². The molecule has 2 amide bonds. The molecule has 2 N–H and O–H groups in total. The summed E-state index contributed by atoms with van der Waals surface area (Å²) in [5, 5.41) is 6.36. The van der Waals surface area contributed by atoms with Crippen LogP contribution in [-0.4, -0.2) is 29.4 Å². The van der Waals surface area contributed by atoms with E-state index in [1.807, 2.05) is 24.3 Å². The summed E-state index contributed by atoms with van der Waals surface area (Å²) >= 11 is 0. The van der Waals surface area contributed by atoms with E-state index >= 15 is 0 Å². The molecule has 0 unspecified atom stereocenters. The van der Waals surface area contributed by atoms with Gasteiger partial charge in [0.25, 0.3) is 5.91 Å².